The van der Waals surface area contributed by atoms with Crippen molar-refractivity contribution in [2.24, 2.45) is 4.99 Å². The van der Waals surface area contributed by atoms with Crippen molar-refractivity contribution in [3.05, 3.63) is 54.4 Å². The summed E-state index contributed by atoms with van der Waals surface area (Å²) in [6, 6.07) is 10.8. The van der Waals surface area contributed by atoms with Gasteiger partial charge in [0.2, 0.25) is 10.0 Å². The Kier molecular flexibility index (Phi) is 10.8. The minimum Gasteiger partial charge on any atom is -0.497 e. The summed E-state index contributed by atoms with van der Waals surface area (Å²) in [6.45, 7) is 3.80. The Morgan fingerprint density at radius 3 is 2.50 bits per heavy atom. The van der Waals surface area contributed by atoms with Crippen molar-refractivity contribution >= 4 is 40.0 Å². The summed E-state index contributed by atoms with van der Waals surface area (Å²) in [5.74, 6) is 1.42. The van der Waals surface area contributed by atoms with Gasteiger partial charge in [-0.3, -0.25) is 4.98 Å². The number of nitrogens with zero attached hydrogens (tertiary/aromatic N) is 2. The second-order valence-electron chi connectivity index (χ2n) is 5.56. The minimum atomic E-state index is -3.56. The number of aromatic nitrogens is 1. The van der Waals surface area contributed by atoms with Crippen LogP contribution in [-0.2, 0) is 16.6 Å². The minimum absolute atomic E-state index is 0. The summed E-state index contributed by atoms with van der Waals surface area (Å²) in [5.41, 5.74) is 1.05. The molecule has 10 heteroatoms. The number of nitrogens with one attached hydrogen (secondary N) is 3. The third-order valence-electron chi connectivity index (χ3n) is 3.58. The molecule has 0 unspecified atom stereocenters. The number of rotatable bonds is 9. The second kappa shape index (κ2) is 12.5. The third-order valence-corrected chi connectivity index (χ3v) is 5.02. The van der Waals surface area contributed by atoms with Crippen LogP contribution in [0.3, 0.4) is 0 Å². The van der Waals surface area contributed by atoms with E-state index in [9.17, 15) is 8.42 Å². The van der Waals surface area contributed by atoms with Gasteiger partial charge in [0.05, 0.1) is 13.7 Å². The van der Waals surface area contributed by atoms with E-state index < -0.39 is 10.0 Å². The third kappa shape index (κ3) is 7.98. The maximum Gasteiger partial charge on any atom is 0.242 e. The molecule has 0 aliphatic carbocycles. The van der Waals surface area contributed by atoms with Crippen LogP contribution in [0.15, 0.2) is 58.7 Å². The van der Waals surface area contributed by atoms with Gasteiger partial charge < -0.3 is 15.4 Å². The largest absolute Gasteiger partial charge is 0.497 e. The SMILES string of the molecule is CCNC(=NCc1ccc(OC)cc1)NCCNS(=O)(=O)c1cccnc1.I. The first-order valence-electron chi connectivity index (χ1n) is 8.60. The van der Waals surface area contributed by atoms with Crippen LogP contribution < -0.4 is 20.1 Å². The van der Waals surface area contributed by atoms with Crippen LogP contribution in [0.5, 0.6) is 5.75 Å². The summed E-state index contributed by atoms with van der Waals surface area (Å²) >= 11 is 0. The zero-order valence-electron chi connectivity index (χ0n) is 15.9. The van der Waals surface area contributed by atoms with E-state index in [1.54, 1.807) is 13.2 Å². The number of halogens is 1. The number of guanidine groups is 1. The van der Waals surface area contributed by atoms with E-state index in [0.29, 0.717) is 25.6 Å². The van der Waals surface area contributed by atoms with Crippen LogP contribution in [0.4, 0.5) is 0 Å². The lowest BCUT2D eigenvalue weighted by atomic mass is 10.2. The average Bonchev–Trinajstić information content (AvgIpc) is 2.70. The number of hydrogen-bond donors (Lipinski definition) is 3. The molecular weight excluding hydrogens is 493 g/mol. The van der Waals surface area contributed by atoms with E-state index in [-0.39, 0.29) is 35.4 Å². The Balaban J connectivity index is 0.00000392. The predicted octanol–water partition coefficient (Wildman–Crippen LogP) is 1.74. The zero-order valence-corrected chi connectivity index (χ0v) is 19.0. The van der Waals surface area contributed by atoms with Gasteiger partial charge in [0.1, 0.15) is 10.6 Å². The summed E-state index contributed by atoms with van der Waals surface area (Å²) < 4.78 is 31.9. The fourth-order valence-electron chi connectivity index (χ4n) is 2.20. The molecule has 2 rings (SSSR count). The number of aliphatic imine (C=N–C) groups is 1. The first-order chi connectivity index (χ1) is 13.0. The quantitative estimate of drug-likeness (QED) is 0.202. The topological polar surface area (TPSA) is 105 Å². The molecule has 1 aromatic carbocycles. The standard InChI is InChI=1S/C18H25N5O3S.HI/c1-3-20-18(22-13-15-6-8-16(26-2)9-7-15)21-11-12-23-27(24,25)17-5-4-10-19-14-17;/h4-10,14,23H,3,11-13H2,1-2H3,(H2,20,21,22);1H. The summed E-state index contributed by atoms with van der Waals surface area (Å²) in [5, 5.41) is 6.24. The van der Waals surface area contributed by atoms with Gasteiger partial charge in [-0.25, -0.2) is 18.1 Å². The van der Waals surface area contributed by atoms with Crippen molar-refractivity contribution < 1.29 is 13.2 Å². The molecule has 3 N–H and O–H groups in total. The van der Waals surface area contributed by atoms with Crippen molar-refractivity contribution in [1.29, 1.82) is 0 Å². The molecular formula is C18H26IN5O3S. The molecule has 0 fully saturated rings. The van der Waals surface area contributed by atoms with Gasteiger partial charge in [-0.1, -0.05) is 12.1 Å². The summed E-state index contributed by atoms with van der Waals surface area (Å²) in [4.78, 5) is 8.47. The van der Waals surface area contributed by atoms with Crippen molar-refractivity contribution in [1.82, 2.24) is 20.3 Å². The van der Waals surface area contributed by atoms with E-state index in [0.717, 1.165) is 11.3 Å². The molecule has 0 atom stereocenters. The highest BCUT2D eigenvalue weighted by molar-refractivity contribution is 14.0. The predicted molar refractivity (Wildman–Crippen MR) is 121 cm³/mol. The molecule has 0 amide bonds. The monoisotopic (exact) mass is 519 g/mol. The number of hydrogen-bond acceptors (Lipinski definition) is 5. The highest BCUT2D eigenvalue weighted by Gasteiger charge is 2.12. The van der Waals surface area contributed by atoms with Gasteiger partial charge >= 0.3 is 0 Å². The highest BCUT2D eigenvalue weighted by atomic mass is 127. The molecule has 1 aromatic heterocycles. The van der Waals surface area contributed by atoms with E-state index in [4.69, 9.17) is 4.74 Å². The maximum atomic E-state index is 12.1. The smallest absolute Gasteiger partial charge is 0.242 e. The van der Waals surface area contributed by atoms with Crippen LogP contribution in [0.1, 0.15) is 12.5 Å². The van der Waals surface area contributed by atoms with E-state index in [1.807, 2.05) is 31.2 Å². The van der Waals surface area contributed by atoms with Crippen molar-refractivity contribution in [2.75, 3.05) is 26.7 Å². The number of ether oxygens (including phenoxy) is 1. The summed E-state index contributed by atoms with van der Waals surface area (Å²) in [7, 11) is -1.93. The molecule has 0 bridgehead atoms. The molecule has 1 heterocycles. The van der Waals surface area contributed by atoms with E-state index in [2.05, 4.69) is 25.3 Å². The van der Waals surface area contributed by atoms with Crippen molar-refractivity contribution in [3.8, 4) is 5.75 Å². The lowest BCUT2D eigenvalue weighted by Crippen LogP contribution is -2.41. The molecule has 0 saturated carbocycles. The first-order valence-corrected chi connectivity index (χ1v) is 10.1. The van der Waals surface area contributed by atoms with E-state index in [1.165, 1.54) is 18.5 Å². The fraction of sp³-hybridized carbons (Fsp3) is 0.333. The normalized spacial score (nSPS) is 11.4. The number of methoxy groups -OCH3 is 1. The highest BCUT2D eigenvalue weighted by Crippen LogP contribution is 2.11. The Labute approximate surface area is 183 Å². The van der Waals surface area contributed by atoms with Crippen LogP contribution in [-0.4, -0.2) is 46.1 Å². The Morgan fingerprint density at radius 2 is 1.89 bits per heavy atom. The molecule has 28 heavy (non-hydrogen) atoms. The molecule has 2 aromatic rings. The lowest BCUT2D eigenvalue weighted by Gasteiger charge is -2.12. The molecule has 8 nitrogen and oxygen atoms in total. The van der Waals surface area contributed by atoms with Gasteiger partial charge in [-0.15, -0.1) is 24.0 Å². The van der Waals surface area contributed by atoms with Crippen LogP contribution in [0, 0.1) is 0 Å². The van der Waals surface area contributed by atoms with Gasteiger partial charge in [-0.2, -0.15) is 0 Å². The molecule has 0 aliphatic heterocycles. The van der Waals surface area contributed by atoms with E-state index >= 15 is 0 Å². The number of pyridine rings is 1. The Morgan fingerprint density at radius 1 is 1.14 bits per heavy atom. The molecule has 0 aliphatic rings. The molecule has 0 saturated heterocycles. The van der Waals surface area contributed by atoms with Crippen LogP contribution in [0.2, 0.25) is 0 Å². The van der Waals surface area contributed by atoms with Gasteiger partial charge in [0.25, 0.3) is 0 Å². The van der Waals surface area contributed by atoms with Crippen molar-refractivity contribution in [3.63, 3.8) is 0 Å². The van der Waals surface area contributed by atoms with Crippen LogP contribution in [0.25, 0.3) is 0 Å². The Hall–Kier alpha value is -1.92. The number of sulfonamides is 1. The van der Waals surface area contributed by atoms with Gasteiger partial charge in [0.15, 0.2) is 5.96 Å². The Bertz CT molecular complexity index is 830. The first kappa shape index (κ1) is 24.1. The number of benzene rings is 1. The lowest BCUT2D eigenvalue weighted by molar-refractivity contribution is 0.414. The van der Waals surface area contributed by atoms with Gasteiger partial charge in [0, 0.05) is 32.0 Å². The zero-order chi connectivity index (χ0) is 19.5. The molecule has 154 valence electrons. The average molecular weight is 519 g/mol. The fourth-order valence-corrected chi connectivity index (χ4v) is 3.19. The maximum absolute atomic E-state index is 12.1. The molecule has 0 spiro atoms. The van der Waals surface area contributed by atoms with Crippen LogP contribution >= 0.6 is 24.0 Å². The summed E-state index contributed by atoms with van der Waals surface area (Å²) in [6.07, 6.45) is 2.85. The van der Waals surface area contributed by atoms with Crippen molar-refractivity contribution in [2.45, 2.75) is 18.4 Å². The second-order valence-corrected chi connectivity index (χ2v) is 7.32. The van der Waals surface area contributed by atoms with Gasteiger partial charge in [-0.05, 0) is 36.8 Å². The molecule has 0 radical (unpaired) electrons.